The van der Waals surface area contributed by atoms with E-state index in [-0.39, 0.29) is 23.3 Å². The van der Waals surface area contributed by atoms with Crippen molar-refractivity contribution in [2.75, 3.05) is 23.4 Å². The Kier molecular flexibility index (Phi) is 5.74. The molecule has 23 heavy (non-hydrogen) atoms. The monoisotopic (exact) mass is 364 g/mol. The van der Waals surface area contributed by atoms with Crippen molar-refractivity contribution in [1.29, 1.82) is 0 Å². The lowest BCUT2D eigenvalue weighted by Gasteiger charge is -2.29. The topological polar surface area (TPSA) is 58.6 Å². The van der Waals surface area contributed by atoms with Gasteiger partial charge in [0, 0.05) is 18.3 Å². The van der Waals surface area contributed by atoms with E-state index in [1.165, 1.54) is 12.1 Å². The first-order valence-corrected chi connectivity index (χ1v) is 9.36. The molecule has 1 aromatic carbocycles. The van der Waals surface area contributed by atoms with Crippen molar-refractivity contribution in [3.63, 3.8) is 0 Å². The highest BCUT2D eigenvalue weighted by Crippen LogP contribution is 2.21. The Balaban J connectivity index is 1.99. The Bertz CT molecular complexity index is 650. The zero-order valence-corrected chi connectivity index (χ0v) is 14.2. The third kappa shape index (κ3) is 5.00. The van der Waals surface area contributed by atoms with Crippen molar-refractivity contribution in [1.82, 2.24) is 4.90 Å². The number of sulfone groups is 1. The molecule has 0 spiro atoms. The highest BCUT2D eigenvalue weighted by molar-refractivity contribution is 7.91. The van der Waals surface area contributed by atoms with E-state index in [0.717, 1.165) is 0 Å². The molecule has 1 aliphatic rings. The summed E-state index contributed by atoms with van der Waals surface area (Å²) in [5.41, 5.74) is 0.621. The highest BCUT2D eigenvalue weighted by Gasteiger charge is 2.32. The standard InChI is InChI=1S/C14H18F2N2O3S2/c1-2-18(11-7-8-23(19,20)9-11)14(22)17-10-3-5-12(6-4-10)21-13(15)16/h3-6,11,13H,2,7-9H2,1H3,(H,17,22)/t11-/m0/s1. The van der Waals surface area contributed by atoms with E-state index in [0.29, 0.717) is 23.8 Å². The number of ether oxygens (including phenoxy) is 1. The fraction of sp³-hybridized carbons (Fsp3) is 0.500. The van der Waals surface area contributed by atoms with Crippen molar-refractivity contribution in [2.45, 2.75) is 26.0 Å². The van der Waals surface area contributed by atoms with Gasteiger partial charge in [-0.15, -0.1) is 0 Å². The largest absolute Gasteiger partial charge is 0.435 e. The summed E-state index contributed by atoms with van der Waals surface area (Å²) < 4.78 is 51.7. The third-order valence-corrected chi connectivity index (χ3v) is 5.67. The Morgan fingerprint density at radius 3 is 2.57 bits per heavy atom. The molecule has 0 radical (unpaired) electrons. The maximum absolute atomic E-state index is 12.1. The van der Waals surface area contributed by atoms with Crippen LogP contribution in [0.5, 0.6) is 5.75 Å². The molecule has 0 aromatic heterocycles. The maximum atomic E-state index is 12.1. The molecule has 5 nitrogen and oxygen atoms in total. The van der Waals surface area contributed by atoms with E-state index < -0.39 is 16.4 Å². The van der Waals surface area contributed by atoms with Gasteiger partial charge in [0.2, 0.25) is 0 Å². The molecule has 2 rings (SSSR count). The zero-order valence-electron chi connectivity index (χ0n) is 12.5. The number of nitrogens with one attached hydrogen (secondary N) is 1. The second kappa shape index (κ2) is 7.39. The van der Waals surface area contributed by atoms with Crippen LogP contribution >= 0.6 is 12.2 Å². The van der Waals surface area contributed by atoms with E-state index in [9.17, 15) is 17.2 Å². The van der Waals surface area contributed by atoms with E-state index in [4.69, 9.17) is 12.2 Å². The predicted molar refractivity (Wildman–Crippen MR) is 88.7 cm³/mol. The van der Waals surface area contributed by atoms with Crippen LogP contribution < -0.4 is 10.1 Å². The first-order chi connectivity index (χ1) is 10.8. The molecule has 1 aromatic rings. The summed E-state index contributed by atoms with van der Waals surface area (Å²) in [6.45, 7) is -0.383. The van der Waals surface area contributed by atoms with Crippen molar-refractivity contribution < 1.29 is 21.9 Å². The minimum Gasteiger partial charge on any atom is -0.435 e. The normalized spacial score (nSPS) is 19.6. The second-order valence-corrected chi connectivity index (χ2v) is 7.79. The number of hydrogen-bond donors (Lipinski definition) is 1. The molecule has 1 heterocycles. The molecule has 9 heteroatoms. The van der Waals surface area contributed by atoms with Gasteiger partial charge in [0.15, 0.2) is 14.9 Å². The smallest absolute Gasteiger partial charge is 0.387 e. The molecular weight excluding hydrogens is 346 g/mol. The van der Waals surface area contributed by atoms with Crippen LogP contribution in [0.2, 0.25) is 0 Å². The zero-order chi connectivity index (χ0) is 17.0. The maximum Gasteiger partial charge on any atom is 0.387 e. The number of hydrogen-bond acceptors (Lipinski definition) is 4. The van der Waals surface area contributed by atoms with Crippen molar-refractivity contribution in [2.24, 2.45) is 0 Å². The van der Waals surface area contributed by atoms with Crippen LogP contribution in [0.4, 0.5) is 14.5 Å². The molecule has 1 fully saturated rings. The SMILES string of the molecule is CCN(C(=S)Nc1ccc(OC(F)F)cc1)[C@H]1CCS(=O)(=O)C1. The van der Waals surface area contributed by atoms with Crippen molar-refractivity contribution in [3.05, 3.63) is 24.3 Å². The van der Waals surface area contributed by atoms with Crippen LogP contribution in [0.1, 0.15) is 13.3 Å². The van der Waals surface area contributed by atoms with Gasteiger partial charge < -0.3 is 15.0 Å². The van der Waals surface area contributed by atoms with Gasteiger partial charge in [-0.3, -0.25) is 0 Å². The summed E-state index contributed by atoms with van der Waals surface area (Å²) in [7, 11) is -2.99. The minimum absolute atomic E-state index is 0.0608. The van der Waals surface area contributed by atoms with Crippen LogP contribution in [0.3, 0.4) is 0 Å². The summed E-state index contributed by atoms with van der Waals surface area (Å²) in [6, 6.07) is 5.83. The van der Waals surface area contributed by atoms with Gasteiger partial charge in [-0.1, -0.05) is 0 Å². The quantitative estimate of drug-likeness (QED) is 0.810. The number of halogens is 2. The molecule has 0 unspecified atom stereocenters. The lowest BCUT2D eigenvalue weighted by molar-refractivity contribution is -0.0498. The van der Waals surface area contributed by atoms with Crippen molar-refractivity contribution in [3.8, 4) is 5.75 Å². The summed E-state index contributed by atoms with van der Waals surface area (Å²) in [5, 5.41) is 3.41. The van der Waals surface area contributed by atoms with Gasteiger partial charge in [-0.2, -0.15) is 8.78 Å². The molecule has 1 aliphatic heterocycles. The molecular formula is C14H18F2N2O3S2. The molecule has 0 aliphatic carbocycles. The van der Waals surface area contributed by atoms with Gasteiger partial charge in [0.1, 0.15) is 5.75 Å². The van der Waals surface area contributed by atoms with Crippen LogP contribution in [0.15, 0.2) is 24.3 Å². The molecule has 1 N–H and O–H groups in total. The van der Waals surface area contributed by atoms with Crippen LogP contribution in [-0.4, -0.2) is 49.1 Å². The van der Waals surface area contributed by atoms with Gasteiger partial charge in [-0.05, 0) is 49.8 Å². The van der Waals surface area contributed by atoms with Crippen molar-refractivity contribution >= 4 is 32.9 Å². The average Bonchev–Trinajstić information content (AvgIpc) is 2.81. The minimum atomic E-state index is -2.99. The molecule has 1 saturated heterocycles. The summed E-state index contributed by atoms with van der Waals surface area (Å²) in [4.78, 5) is 1.84. The number of alkyl halides is 2. The Labute approximate surface area is 139 Å². The first kappa shape index (κ1) is 17.9. The fourth-order valence-corrected chi connectivity index (χ4v) is 4.63. The number of anilines is 1. The number of nitrogens with zero attached hydrogens (tertiary/aromatic N) is 1. The van der Waals surface area contributed by atoms with Gasteiger partial charge in [0.25, 0.3) is 0 Å². The molecule has 1 atom stereocenters. The predicted octanol–water partition coefficient (Wildman–Crippen LogP) is 2.49. The number of benzene rings is 1. The fourth-order valence-electron chi connectivity index (χ4n) is 2.50. The molecule has 0 bridgehead atoms. The Hall–Kier alpha value is -1.48. The van der Waals surface area contributed by atoms with E-state index in [2.05, 4.69) is 10.1 Å². The summed E-state index contributed by atoms with van der Waals surface area (Å²) >= 11 is 5.34. The summed E-state index contributed by atoms with van der Waals surface area (Å²) in [5.74, 6) is 0.339. The van der Waals surface area contributed by atoms with Crippen LogP contribution in [0.25, 0.3) is 0 Å². The average molecular weight is 364 g/mol. The highest BCUT2D eigenvalue weighted by atomic mass is 32.2. The van der Waals surface area contributed by atoms with E-state index >= 15 is 0 Å². The first-order valence-electron chi connectivity index (χ1n) is 7.13. The molecule has 0 amide bonds. The molecule has 0 saturated carbocycles. The second-order valence-electron chi connectivity index (χ2n) is 5.18. The van der Waals surface area contributed by atoms with Crippen LogP contribution in [-0.2, 0) is 9.84 Å². The van der Waals surface area contributed by atoms with Gasteiger partial charge >= 0.3 is 6.61 Å². The van der Waals surface area contributed by atoms with Gasteiger partial charge in [0.05, 0.1) is 11.5 Å². The van der Waals surface area contributed by atoms with Crippen LogP contribution in [0, 0.1) is 0 Å². The number of thiocarbonyl (C=S) groups is 1. The lowest BCUT2D eigenvalue weighted by Crippen LogP contribution is -2.43. The lowest BCUT2D eigenvalue weighted by atomic mass is 10.2. The Morgan fingerprint density at radius 2 is 2.09 bits per heavy atom. The molecule has 128 valence electrons. The van der Waals surface area contributed by atoms with E-state index in [1.54, 1.807) is 12.1 Å². The van der Waals surface area contributed by atoms with Gasteiger partial charge in [-0.25, -0.2) is 8.42 Å². The number of rotatable bonds is 5. The third-order valence-electron chi connectivity index (χ3n) is 3.58. The Morgan fingerprint density at radius 1 is 1.43 bits per heavy atom. The summed E-state index contributed by atoms with van der Waals surface area (Å²) in [6.07, 6.45) is 0.555. The van der Waals surface area contributed by atoms with E-state index in [1.807, 2.05) is 11.8 Å².